The van der Waals surface area contributed by atoms with E-state index in [0.29, 0.717) is 6.42 Å². The fourth-order valence-corrected chi connectivity index (χ4v) is 4.20. The number of carbonyl (C=O) groups is 2. The smallest absolute Gasteiger partial charge is 0.290 e. The van der Waals surface area contributed by atoms with Crippen molar-refractivity contribution in [3.05, 3.63) is 42.2 Å². The van der Waals surface area contributed by atoms with Crippen LogP contribution >= 0.6 is 0 Å². The minimum absolute atomic E-state index is 0.0179. The first kappa shape index (κ1) is 21.8. The zero-order chi connectivity index (χ0) is 21.4. The van der Waals surface area contributed by atoms with Gasteiger partial charge >= 0.3 is 0 Å². The van der Waals surface area contributed by atoms with E-state index in [1.165, 1.54) is 6.33 Å². The van der Waals surface area contributed by atoms with Crippen molar-refractivity contribution in [2.24, 2.45) is 0 Å². The van der Waals surface area contributed by atoms with E-state index in [1.54, 1.807) is 4.68 Å². The molecule has 1 amide bonds. The number of nitrogens with zero attached hydrogens (tertiary/aromatic N) is 6. The van der Waals surface area contributed by atoms with Gasteiger partial charge in [0.15, 0.2) is 0 Å². The van der Waals surface area contributed by atoms with Crippen LogP contribution in [0, 0.1) is 0 Å². The summed E-state index contributed by atoms with van der Waals surface area (Å²) < 4.78 is 7.15. The predicted octanol–water partition coefficient (Wildman–Crippen LogP) is 0.481. The summed E-state index contributed by atoms with van der Waals surface area (Å²) in [5, 5.41) is 18.4. The number of rotatable bonds is 4. The Morgan fingerprint density at radius 1 is 1.27 bits per heavy atom. The first-order chi connectivity index (χ1) is 14.6. The molecule has 1 unspecified atom stereocenters. The topological polar surface area (TPSA) is 114 Å². The lowest BCUT2D eigenvalue weighted by Crippen LogP contribution is -2.64. The lowest BCUT2D eigenvalue weighted by Gasteiger charge is -2.51. The number of benzene rings is 1. The Morgan fingerprint density at radius 3 is 2.60 bits per heavy atom. The summed E-state index contributed by atoms with van der Waals surface area (Å²) in [6.45, 7) is 3.60. The Balaban J connectivity index is 0.000000806. The fraction of sp³-hybridized carbons (Fsp3) is 0.550. The number of amides is 1. The summed E-state index contributed by atoms with van der Waals surface area (Å²) >= 11 is 0. The van der Waals surface area contributed by atoms with E-state index >= 15 is 0 Å². The Hall–Kier alpha value is -2.85. The number of likely N-dealkylation sites (N-methyl/N-ethyl adjacent to an activating group) is 1. The highest BCUT2D eigenvalue weighted by atomic mass is 16.5. The maximum absolute atomic E-state index is 13.5. The minimum Gasteiger partial charge on any atom is -0.483 e. The van der Waals surface area contributed by atoms with Crippen LogP contribution in [0.2, 0.25) is 0 Å². The molecule has 0 aliphatic carbocycles. The average molecular weight is 416 g/mol. The maximum atomic E-state index is 13.5. The summed E-state index contributed by atoms with van der Waals surface area (Å²) in [5.74, 6) is 0.0881. The van der Waals surface area contributed by atoms with E-state index < -0.39 is 6.04 Å². The molecule has 1 aromatic heterocycles. The molecule has 0 radical (unpaired) electrons. The van der Waals surface area contributed by atoms with Gasteiger partial charge in [-0.25, -0.2) is 4.68 Å². The number of tetrazole rings is 1. The largest absolute Gasteiger partial charge is 0.483 e. The second-order valence-corrected chi connectivity index (χ2v) is 7.62. The third-order valence-corrected chi connectivity index (χ3v) is 5.98. The molecule has 1 N–H and O–H groups in total. The predicted molar refractivity (Wildman–Crippen MR) is 108 cm³/mol. The van der Waals surface area contributed by atoms with Crippen molar-refractivity contribution in [2.75, 3.05) is 39.9 Å². The molecule has 1 atom stereocenters. The molecule has 0 bridgehead atoms. The van der Waals surface area contributed by atoms with Crippen LogP contribution in [0.15, 0.2) is 36.7 Å². The molecule has 2 fully saturated rings. The summed E-state index contributed by atoms with van der Waals surface area (Å²) in [6, 6.07) is 9.60. The monoisotopic (exact) mass is 416 g/mol. The molecule has 162 valence electrons. The van der Waals surface area contributed by atoms with E-state index in [2.05, 4.69) is 27.5 Å². The average Bonchev–Trinajstić information content (AvgIpc) is 3.30. The summed E-state index contributed by atoms with van der Waals surface area (Å²) in [7, 11) is 2.16. The Kier molecular flexibility index (Phi) is 7.47. The quantitative estimate of drug-likeness (QED) is 0.716. The molecule has 2 aromatic rings. The first-order valence-electron chi connectivity index (χ1n) is 10.0. The number of aromatic nitrogens is 4. The van der Waals surface area contributed by atoms with Crippen molar-refractivity contribution in [3.63, 3.8) is 0 Å². The van der Waals surface area contributed by atoms with Gasteiger partial charge in [-0.15, -0.1) is 5.10 Å². The molecule has 3 heterocycles. The molecule has 0 saturated carbocycles. The highest BCUT2D eigenvalue weighted by Gasteiger charge is 2.43. The standard InChI is InChI=1S/C19H26N6O2.CH2O2/c1-23-9-10-24(14-19(23)7-11-27-12-8-19)18(26)17(25-15-20-21-22-25)13-16-5-3-2-4-6-16;2-1-3/h2-6,15,17H,7-14H2,1H3;1H,(H,2,3). The summed E-state index contributed by atoms with van der Waals surface area (Å²) in [5.41, 5.74) is 1.12. The van der Waals surface area contributed by atoms with Gasteiger partial charge < -0.3 is 14.7 Å². The third kappa shape index (κ3) is 5.00. The zero-order valence-corrected chi connectivity index (χ0v) is 17.1. The van der Waals surface area contributed by atoms with Gasteiger partial charge in [0.2, 0.25) is 5.91 Å². The van der Waals surface area contributed by atoms with E-state index in [9.17, 15) is 4.79 Å². The van der Waals surface area contributed by atoms with Crippen LogP contribution in [0.4, 0.5) is 0 Å². The van der Waals surface area contributed by atoms with Gasteiger partial charge in [0.25, 0.3) is 6.47 Å². The second-order valence-electron chi connectivity index (χ2n) is 7.62. The van der Waals surface area contributed by atoms with Gasteiger partial charge in [-0.2, -0.15) is 0 Å². The first-order valence-corrected chi connectivity index (χ1v) is 10.0. The fourth-order valence-electron chi connectivity index (χ4n) is 4.20. The number of piperazine rings is 1. The summed E-state index contributed by atoms with van der Waals surface area (Å²) in [6.07, 6.45) is 4.03. The molecule has 1 aromatic carbocycles. The summed E-state index contributed by atoms with van der Waals surface area (Å²) in [4.78, 5) is 26.3. The van der Waals surface area contributed by atoms with Crippen LogP contribution in [0.25, 0.3) is 0 Å². The molecular weight excluding hydrogens is 388 g/mol. The molecule has 2 saturated heterocycles. The van der Waals surface area contributed by atoms with Gasteiger partial charge in [-0.1, -0.05) is 30.3 Å². The van der Waals surface area contributed by atoms with Crippen LogP contribution < -0.4 is 0 Å². The second kappa shape index (κ2) is 10.3. The molecule has 10 nitrogen and oxygen atoms in total. The van der Waals surface area contributed by atoms with Crippen molar-refractivity contribution < 1.29 is 19.4 Å². The lowest BCUT2D eigenvalue weighted by molar-refractivity contribution is -0.143. The van der Waals surface area contributed by atoms with Crippen molar-refractivity contribution in [2.45, 2.75) is 30.8 Å². The number of ether oxygens (including phenoxy) is 1. The SMILES string of the molecule is CN1CCN(C(=O)C(Cc2ccccc2)n2cnnn2)CC12CCOCC2.O=CO. The van der Waals surface area contributed by atoms with Crippen molar-refractivity contribution in [3.8, 4) is 0 Å². The highest BCUT2D eigenvalue weighted by molar-refractivity contribution is 5.81. The van der Waals surface area contributed by atoms with E-state index in [4.69, 9.17) is 14.6 Å². The number of carboxylic acid groups (broad SMARTS) is 1. The molecular formula is C20H28N6O4. The normalized spacial score (nSPS) is 19.6. The molecule has 2 aliphatic heterocycles. The van der Waals surface area contributed by atoms with Gasteiger partial charge in [0.1, 0.15) is 12.4 Å². The third-order valence-electron chi connectivity index (χ3n) is 5.98. The van der Waals surface area contributed by atoms with Crippen molar-refractivity contribution in [1.29, 1.82) is 0 Å². The Morgan fingerprint density at radius 2 is 1.97 bits per heavy atom. The van der Waals surface area contributed by atoms with Crippen LogP contribution in [-0.2, 0) is 20.7 Å². The van der Waals surface area contributed by atoms with Crippen LogP contribution in [0.1, 0.15) is 24.4 Å². The molecule has 10 heteroatoms. The van der Waals surface area contributed by atoms with Crippen LogP contribution in [0.5, 0.6) is 0 Å². The van der Waals surface area contributed by atoms with Gasteiger partial charge in [0, 0.05) is 44.8 Å². The number of hydrogen-bond acceptors (Lipinski definition) is 7. The van der Waals surface area contributed by atoms with Crippen LogP contribution in [0.3, 0.4) is 0 Å². The number of carbonyl (C=O) groups excluding carboxylic acids is 1. The molecule has 4 rings (SSSR count). The maximum Gasteiger partial charge on any atom is 0.290 e. The van der Waals surface area contributed by atoms with E-state index in [1.807, 2.05) is 35.2 Å². The number of hydrogen-bond donors (Lipinski definition) is 1. The molecule has 1 spiro atoms. The Labute approximate surface area is 175 Å². The molecule has 2 aliphatic rings. The lowest BCUT2D eigenvalue weighted by atomic mass is 9.85. The van der Waals surface area contributed by atoms with Gasteiger partial charge in [0.05, 0.1) is 0 Å². The van der Waals surface area contributed by atoms with E-state index in [-0.39, 0.29) is 17.9 Å². The van der Waals surface area contributed by atoms with Crippen molar-refractivity contribution in [1.82, 2.24) is 30.0 Å². The molecule has 30 heavy (non-hydrogen) atoms. The van der Waals surface area contributed by atoms with Crippen molar-refractivity contribution >= 4 is 12.4 Å². The van der Waals surface area contributed by atoms with Crippen LogP contribution in [-0.4, -0.2) is 92.9 Å². The Bertz CT molecular complexity index is 795. The van der Waals surface area contributed by atoms with E-state index in [0.717, 1.165) is 51.3 Å². The van der Waals surface area contributed by atoms with Gasteiger partial charge in [-0.3, -0.25) is 14.5 Å². The zero-order valence-electron chi connectivity index (χ0n) is 17.1. The van der Waals surface area contributed by atoms with Gasteiger partial charge in [-0.05, 0) is 35.9 Å². The minimum atomic E-state index is -0.428. The highest BCUT2D eigenvalue weighted by Crippen LogP contribution is 2.31.